The first-order valence-electron chi connectivity index (χ1n) is 14.3. The van der Waals surface area contributed by atoms with Gasteiger partial charge in [0.25, 0.3) is 0 Å². The Morgan fingerprint density at radius 1 is 0.707 bits per heavy atom. The standard InChI is InChI=1S/C33H40O8/c1-35-33-31(39-22-26-16-9-4-10-17-26)30(38-21-25-14-7-3-8-15-25)29(41-32-27(34)18-11-19-37-32)28(40-33)23-36-20-24-12-5-2-6-13-24/h2-10,12-17,27-34H,11,18-23H2,1H3/t27-,28-,29-,30+,31+,32-,33+/m1/s1. The molecule has 2 aliphatic heterocycles. The highest BCUT2D eigenvalue weighted by Crippen LogP contribution is 2.32. The van der Waals surface area contributed by atoms with Gasteiger partial charge in [-0.2, -0.15) is 0 Å². The molecule has 3 aromatic rings. The lowest BCUT2D eigenvalue weighted by Gasteiger charge is -2.47. The van der Waals surface area contributed by atoms with Gasteiger partial charge in [0, 0.05) is 13.7 Å². The van der Waals surface area contributed by atoms with E-state index in [1.54, 1.807) is 7.11 Å². The van der Waals surface area contributed by atoms with Crippen molar-refractivity contribution in [1.82, 2.24) is 0 Å². The SMILES string of the molecule is CO[C@H]1O[C@H](COCc2ccccc2)[C@@H](O[C@H]2OCCC[C@H]2O)[C@H](OCc2ccccc2)[C@@H]1OCc1ccccc1. The van der Waals surface area contributed by atoms with E-state index in [1.165, 1.54) is 0 Å². The van der Waals surface area contributed by atoms with Crippen LogP contribution in [0.25, 0.3) is 0 Å². The molecule has 0 bridgehead atoms. The Balaban J connectivity index is 1.39. The number of methoxy groups -OCH3 is 1. The smallest absolute Gasteiger partial charge is 0.186 e. The number of hydrogen-bond donors (Lipinski definition) is 1. The Morgan fingerprint density at radius 2 is 1.27 bits per heavy atom. The minimum atomic E-state index is -0.814. The lowest BCUT2D eigenvalue weighted by Crippen LogP contribution is -2.63. The summed E-state index contributed by atoms with van der Waals surface area (Å²) >= 11 is 0. The molecule has 1 N–H and O–H groups in total. The van der Waals surface area contributed by atoms with Crippen molar-refractivity contribution in [2.45, 2.75) is 75.8 Å². The van der Waals surface area contributed by atoms with Gasteiger partial charge >= 0.3 is 0 Å². The van der Waals surface area contributed by atoms with Gasteiger partial charge in [0.2, 0.25) is 0 Å². The first-order valence-corrected chi connectivity index (χ1v) is 14.3. The molecule has 2 saturated heterocycles. The van der Waals surface area contributed by atoms with Crippen molar-refractivity contribution in [3.63, 3.8) is 0 Å². The van der Waals surface area contributed by atoms with Crippen LogP contribution in [-0.4, -0.2) is 68.5 Å². The summed E-state index contributed by atoms with van der Waals surface area (Å²) in [5.41, 5.74) is 3.08. The molecule has 0 saturated carbocycles. The highest BCUT2D eigenvalue weighted by molar-refractivity contribution is 5.15. The Labute approximate surface area is 242 Å². The molecule has 3 aromatic carbocycles. The van der Waals surface area contributed by atoms with E-state index in [1.807, 2.05) is 91.0 Å². The lowest BCUT2D eigenvalue weighted by molar-refractivity contribution is -0.348. The van der Waals surface area contributed by atoms with E-state index >= 15 is 0 Å². The van der Waals surface area contributed by atoms with Crippen LogP contribution in [0.1, 0.15) is 29.5 Å². The van der Waals surface area contributed by atoms with Crippen molar-refractivity contribution in [3.05, 3.63) is 108 Å². The van der Waals surface area contributed by atoms with Crippen LogP contribution in [0.5, 0.6) is 0 Å². The molecular formula is C33H40O8. The summed E-state index contributed by atoms with van der Waals surface area (Å²) in [5.74, 6) is 0. The second-order valence-corrected chi connectivity index (χ2v) is 10.4. The first kappa shape index (κ1) is 29.8. The molecule has 7 atom stereocenters. The Morgan fingerprint density at radius 3 is 1.83 bits per heavy atom. The quantitative estimate of drug-likeness (QED) is 0.322. The maximum absolute atomic E-state index is 10.7. The van der Waals surface area contributed by atoms with E-state index in [0.29, 0.717) is 32.8 Å². The fraction of sp³-hybridized carbons (Fsp3) is 0.455. The van der Waals surface area contributed by atoms with Crippen molar-refractivity contribution in [2.24, 2.45) is 0 Å². The Bertz CT molecular complexity index is 1130. The summed E-state index contributed by atoms with van der Waals surface area (Å²) in [7, 11) is 1.59. The average molecular weight is 565 g/mol. The predicted octanol–water partition coefficient (Wildman–Crippen LogP) is 4.63. The molecule has 8 heteroatoms. The van der Waals surface area contributed by atoms with Gasteiger partial charge in [0.05, 0.1) is 26.4 Å². The molecule has 0 aromatic heterocycles. The van der Waals surface area contributed by atoms with Crippen molar-refractivity contribution in [3.8, 4) is 0 Å². The monoisotopic (exact) mass is 564 g/mol. The minimum Gasteiger partial charge on any atom is -0.388 e. The van der Waals surface area contributed by atoms with Gasteiger partial charge < -0.3 is 38.3 Å². The van der Waals surface area contributed by atoms with Crippen molar-refractivity contribution < 1.29 is 38.3 Å². The van der Waals surface area contributed by atoms with E-state index in [0.717, 1.165) is 23.1 Å². The van der Waals surface area contributed by atoms with E-state index in [2.05, 4.69) is 0 Å². The Kier molecular flexibility index (Phi) is 11.3. The molecule has 8 nitrogen and oxygen atoms in total. The third-order valence-electron chi connectivity index (χ3n) is 7.32. The molecule has 220 valence electrons. The number of aliphatic hydroxyl groups excluding tert-OH is 1. The number of rotatable bonds is 13. The maximum atomic E-state index is 10.7. The van der Waals surface area contributed by atoms with Gasteiger partial charge in [-0.15, -0.1) is 0 Å². The van der Waals surface area contributed by atoms with Gasteiger partial charge in [0.1, 0.15) is 30.5 Å². The van der Waals surface area contributed by atoms with Crippen LogP contribution >= 0.6 is 0 Å². The predicted molar refractivity (Wildman–Crippen MR) is 152 cm³/mol. The summed E-state index contributed by atoms with van der Waals surface area (Å²) in [6, 6.07) is 29.8. The minimum absolute atomic E-state index is 0.221. The zero-order valence-corrected chi connectivity index (χ0v) is 23.5. The topological polar surface area (TPSA) is 84.8 Å². The van der Waals surface area contributed by atoms with E-state index in [-0.39, 0.29) is 6.61 Å². The normalized spacial score (nSPS) is 28.4. The molecule has 0 amide bonds. The molecular weight excluding hydrogens is 524 g/mol. The fourth-order valence-electron chi connectivity index (χ4n) is 5.16. The van der Waals surface area contributed by atoms with Crippen LogP contribution in [0.3, 0.4) is 0 Å². The van der Waals surface area contributed by atoms with Crippen LogP contribution in [-0.2, 0) is 53.0 Å². The molecule has 41 heavy (non-hydrogen) atoms. The maximum Gasteiger partial charge on any atom is 0.186 e. The summed E-state index contributed by atoms with van der Waals surface area (Å²) in [4.78, 5) is 0. The zero-order chi connectivity index (χ0) is 28.3. The van der Waals surface area contributed by atoms with Crippen LogP contribution in [0.2, 0.25) is 0 Å². The van der Waals surface area contributed by atoms with E-state index < -0.39 is 43.1 Å². The van der Waals surface area contributed by atoms with E-state index in [4.69, 9.17) is 33.2 Å². The Hall–Kier alpha value is -2.66. The molecule has 2 aliphatic rings. The molecule has 2 fully saturated rings. The largest absolute Gasteiger partial charge is 0.388 e. The molecule has 5 rings (SSSR count). The second kappa shape index (κ2) is 15.5. The van der Waals surface area contributed by atoms with Crippen LogP contribution in [0.15, 0.2) is 91.0 Å². The summed E-state index contributed by atoms with van der Waals surface area (Å²) < 4.78 is 43.7. The lowest BCUT2D eigenvalue weighted by atomic mass is 9.97. The molecule has 0 spiro atoms. The van der Waals surface area contributed by atoms with Crippen molar-refractivity contribution in [1.29, 1.82) is 0 Å². The average Bonchev–Trinajstić information content (AvgIpc) is 3.02. The van der Waals surface area contributed by atoms with Gasteiger partial charge in [0.15, 0.2) is 12.6 Å². The highest BCUT2D eigenvalue weighted by Gasteiger charge is 2.50. The third kappa shape index (κ3) is 8.44. The van der Waals surface area contributed by atoms with Crippen LogP contribution in [0, 0.1) is 0 Å². The van der Waals surface area contributed by atoms with Gasteiger partial charge in [-0.1, -0.05) is 91.0 Å². The molecule has 0 aliphatic carbocycles. The van der Waals surface area contributed by atoms with Gasteiger partial charge in [-0.3, -0.25) is 0 Å². The van der Waals surface area contributed by atoms with Crippen molar-refractivity contribution in [2.75, 3.05) is 20.3 Å². The van der Waals surface area contributed by atoms with Gasteiger partial charge in [-0.25, -0.2) is 0 Å². The zero-order valence-electron chi connectivity index (χ0n) is 23.5. The van der Waals surface area contributed by atoms with Gasteiger partial charge in [-0.05, 0) is 29.5 Å². The number of benzene rings is 3. The number of ether oxygens (including phenoxy) is 7. The van der Waals surface area contributed by atoms with E-state index in [9.17, 15) is 5.11 Å². The number of aliphatic hydroxyl groups is 1. The summed E-state index contributed by atoms with van der Waals surface area (Å²) in [6.45, 7) is 1.81. The second-order valence-electron chi connectivity index (χ2n) is 10.4. The molecule has 2 heterocycles. The summed E-state index contributed by atoms with van der Waals surface area (Å²) in [6.07, 6.45) is -3.41. The molecule has 0 unspecified atom stereocenters. The van der Waals surface area contributed by atoms with Crippen molar-refractivity contribution >= 4 is 0 Å². The van der Waals surface area contributed by atoms with Crippen LogP contribution in [0.4, 0.5) is 0 Å². The molecule has 0 radical (unpaired) electrons. The fourth-order valence-corrected chi connectivity index (χ4v) is 5.16. The number of hydrogen-bond acceptors (Lipinski definition) is 8. The summed E-state index contributed by atoms with van der Waals surface area (Å²) in [5, 5.41) is 10.7. The highest BCUT2D eigenvalue weighted by atomic mass is 16.7. The first-order chi connectivity index (χ1) is 20.2. The van der Waals surface area contributed by atoms with Crippen LogP contribution < -0.4 is 0 Å². The third-order valence-corrected chi connectivity index (χ3v) is 7.32.